The average molecular weight is 330 g/mol. The van der Waals surface area contributed by atoms with Gasteiger partial charge in [-0.05, 0) is 24.8 Å². The number of nitrogens with zero attached hydrogens (tertiary/aromatic N) is 2. The summed E-state index contributed by atoms with van der Waals surface area (Å²) < 4.78 is 5.67. The first-order chi connectivity index (χ1) is 11.6. The SMILES string of the molecule is CC(=O)N1CCCC(CN=C(N)NC2CCOc3ccccc32)C1. The third-order valence-electron chi connectivity index (χ3n) is 4.76. The van der Waals surface area contributed by atoms with Crippen molar-refractivity contribution in [2.45, 2.75) is 32.2 Å². The molecule has 0 bridgehead atoms. The molecule has 2 atom stereocenters. The van der Waals surface area contributed by atoms with Crippen LogP contribution in [0.25, 0.3) is 0 Å². The van der Waals surface area contributed by atoms with E-state index >= 15 is 0 Å². The van der Waals surface area contributed by atoms with Gasteiger partial charge in [0.2, 0.25) is 5.91 Å². The average Bonchev–Trinajstić information content (AvgIpc) is 2.60. The van der Waals surface area contributed by atoms with E-state index in [0.29, 0.717) is 25.0 Å². The summed E-state index contributed by atoms with van der Waals surface area (Å²) >= 11 is 0. The number of hydrogen-bond donors (Lipinski definition) is 2. The molecule has 130 valence electrons. The fourth-order valence-corrected chi connectivity index (χ4v) is 3.44. The van der Waals surface area contributed by atoms with Crippen molar-refractivity contribution in [3.05, 3.63) is 29.8 Å². The molecule has 1 saturated heterocycles. The lowest BCUT2D eigenvalue weighted by molar-refractivity contribution is -0.130. The predicted molar refractivity (Wildman–Crippen MR) is 93.9 cm³/mol. The fraction of sp³-hybridized carbons (Fsp3) is 0.556. The van der Waals surface area contributed by atoms with Crippen LogP contribution in [-0.4, -0.2) is 43.0 Å². The maximum atomic E-state index is 11.5. The summed E-state index contributed by atoms with van der Waals surface area (Å²) in [6, 6.07) is 8.16. The van der Waals surface area contributed by atoms with Crippen molar-refractivity contribution in [3.63, 3.8) is 0 Å². The smallest absolute Gasteiger partial charge is 0.219 e. The maximum Gasteiger partial charge on any atom is 0.219 e. The van der Waals surface area contributed by atoms with E-state index in [9.17, 15) is 4.79 Å². The lowest BCUT2D eigenvalue weighted by atomic mass is 9.98. The molecule has 6 nitrogen and oxygen atoms in total. The monoisotopic (exact) mass is 330 g/mol. The first-order valence-corrected chi connectivity index (χ1v) is 8.67. The number of nitrogens with two attached hydrogens (primary N) is 1. The molecule has 0 aliphatic carbocycles. The van der Waals surface area contributed by atoms with Gasteiger partial charge in [-0.2, -0.15) is 0 Å². The van der Waals surface area contributed by atoms with E-state index in [2.05, 4.69) is 16.4 Å². The number of likely N-dealkylation sites (tertiary alicyclic amines) is 1. The van der Waals surface area contributed by atoms with Crippen LogP contribution in [0.5, 0.6) is 5.75 Å². The van der Waals surface area contributed by atoms with Gasteiger partial charge in [-0.25, -0.2) is 0 Å². The summed E-state index contributed by atoms with van der Waals surface area (Å²) in [4.78, 5) is 17.9. The van der Waals surface area contributed by atoms with Gasteiger partial charge in [0.05, 0.1) is 12.6 Å². The van der Waals surface area contributed by atoms with E-state index in [4.69, 9.17) is 10.5 Å². The second-order valence-corrected chi connectivity index (χ2v) is 6.57. The first-order valence-electron chi connectivity index (χ1n) is 8.67. The normalized spacial score (nSPS) is 24.0. The number of amides is 1. The molecule has 3 rings (SSSR count). The van der Waals surface area contributed by atoms with Gasteiger partial charge in [-0.1, -0.05) is 18.2 Å². The number of rotatable bonds is 3. The standard InChI is InChI=1S/C18H26N4O2/c1-13(23)22-9-4-5-14(12-22)11-20-18(19)21-16-8-10-24-17-7-3-2-6-15(16)17/h2-3,6-7,14,16H,4-5,8-12H2,1H3,(H3,19,20,21). The highest BCUT2D eigenvalue weighted by Gasteiger charge is 2.23. The van der Waals surface area contributed by atoms with Gasteiger partial charge >= 0.3 is 0 Å². The molecular formula is C18H26N4O2. The number of aliphatic imine (C=N–C) groups is 1. The summed E-state index contributed by atoms with van der Waals surface area (Å²) in [7, 11) is 0. The first kappa shape index (κ1) is 16.6. The topological polar surface area (TPSA) is 80.0 Å². The minimum Gasteiger partial charge on any atom is -0.493 e. The molecule has 1 aromatic rings. The van der Waals surface area contributed by atoms with E-state index in [1.807, 2.05) is 23.1 Å². The Morgan fingerprint density at radius 3 is 3.08 bits per heavy atom. The molecule has 1 aromatic carbocycles. The fourth-order valence-electron chi connectivity index (χ4n) is 3.44. The Bertz CT molecular complexity index is 617. The van der Waals surface area contributed by atoms with Crippen LogP contribution in [-0.2, 0) is 4.79 Å². The molecule has 3 N–H and O–H groups in total. The van der Waals surface area contributed by atoms with E-state index in [1.54, 1.807) is 6.92 Å². The van der Waals surface area contributed by atoms with Gasteiger partial charge in [0.15, 0.2) is 5.96 Å². The Morgan fingerprint density at radius 1 is 1.42 bits per heavy atom. The quantitative estimate of drug-likeness (QED) is 0.653. The number of carbonyl (C=O) groups is 1. The highest BCUT2D eigenvalue weighted by Crippen LogP contribution is 2.31. The molecule has 2 aliphatic rings. The molecule has 2 unspecified atom stereocenters. The van der Waals surface area contributed by atoms with Gasteiger partial charge in [0, 0.05) is 38.5 Å². The summed E-state index contributed by atoms with van der Waals surface area (Å²) in [5, 5.41) is 3.32. The molecule has 0 radical (unpaired) electrons. The number of piperidine rings is 1. The Morgan fingerprint density at radius 2 is 2.25 bits per heavy atom. The number of carbonyl (C=O) groups excluding carboxylic acids is 1. The Labute approximate surface area is 143 Å². The predicted octanol–water partition coefficient (Wildman–Crippen LogP) is 1.67. The number of ether oxygens (including phenoxy) is 1. The lowest BCUT2D eigenvalue weighted by Gasteiger charge is -2.31. The van der Waals surface area contributed by atoms with Crippen LogP contribution in [0.2, 0.25) is 0 Å². The van der Waals surface area contributed by atoms with Gasteiger partial charge < -0.3 is 20.7 Å². The Kier molecular flexibility index (Phi) is 5.23. The van der Waals surface area contributed by atoms with Crippen molar-refractivity contribution in [2.24, 2.45) is 16.6 Å². The third-order valence-corrected chi connectivity index (χ3v) is 4.76. The van der Waals surface area contributed by atoms with Crippen LogP contribution in [0.4, 0.5) is 0 Å². The van der Waals surface area contributed by atoms with Crippen LogP contribution in [0.15, 0.2) is 29.3 Å². The van der Waals surface area contributed by atoms with Crippen molar-refractivity contribution >= 4 is 11.9 Å². The van der Waals surface area contributed by atoms with Crippen molar-refractivity contribution in [1.29, 1.82) is 0 Å². The van der Waals surface area contributed by atoms with Crippen LogP contribution in [0.1, 0.15) is 37.8 Å². The molecule has 2 aliphatic heterocycles. The Hall–Kier alpha value is -2.24. The van der Waals surface area contributed by atoms with E-state index < -0.39 is 0 Å². The second-order valence-electron chi connectivity index (χ2n) is 6.57. The molecule has 1 fully saturated rings. The molecule has 1 amide bonds. The van der Waals surface area contributed by atoms with Crippen molar-refractivity contribution in [3.8, 4) is 5.75 Å². The number of nitrogens with one attached hydrogen (secondary N) is 1. The van der Waals surface area contributed by atoms with Gasteiger partial charge in [0.1, 0.15) is 5.75 Å². The number of guanidine groups is 1. The van der Waals surface area contributed by atoms with Gasteiger partial charge in [-0.15, -0.1) is 0 Å². The van der Waals surface area contributed by atoms with E-state index in [1.165, 1.54) is 0 Å². The van der Waals surface area contributed by atoms with Crippen LogP contribution >= 0.6 is 0 Å². The minimum absolute atomic E-state index is 0.138. The molecular weight excluding hydrogens is 304 g/mol. The zero-order chi connectivity index (χ0) is 16.9. The van der Waals surface area contributed by atoms with Crippen LogP contribution in [0, 0.1) is 5.92 Å². The molecule has 0 aromatic heterocycles. The second kappa shape index (κ2) is 7.55. The van der Waals surface area contributed by atoms with E-state index in [0.717, 1.165) is 43.7 Å². The summed E-state index contributed by atoms with van der Waals surface area (Å²) in [6.45, 7) is 4.62. The number of benzene rings is 1. The summed E-state index contributed by atoms with van der Waals surface area (Å²) in [6.07, 6.45) is 3.01. The molecule has 24 heavy (non-hydrogen) atoms. The number of fused-ring (bicyclic) bond motifs is 1. The maximum absolute atomic E-state index is 11.5. The van der Waals surface area contributed by atoms with Crippen LogP contribution < -0.4 is 15.8 Å². The van der Waals surface area contributed by atoms with Gasteiger partial charge in [0.25, 0.3) is 0 Å². The zero-order valence-electron chi connectivity index (χ0n) is 14.2. The van der Waals surface area contributed by atoms with E-state index in [-0.39, 0.29) is 11.9 Å². The largest absolute Gasteiger partial charge is 0.493 e. The molecule has 0 saturated carbocycles. The summed E-state index contributed by atoms with van der Waals surface area (Å²) in [5.41, 5.74) is 7.22. The van der Waals surface area contributed by atoms with Crippen molar-refractivity contribution < 1.29 is 9.53 Å². The third kappa shape index (κ3) is 3.99. The lowest BCUT2D eigenvalue weighted by Crippen LogP contribution is -2.41. The minimum atomic E-state index is 0.138. The molecule has 6 heteroatoms. The van der Waals surface area contributed by atoms with Crippen molar-refractivity contribution in [1.82, 2.24) is 10.2 Å². The number of para-hydroxylation sites is 1. The molecule has 0 spiro atoms. The summed E-state index contributed by atoms with van der Waals surface area (Å²) in [5.74, 6) is 1.92. The number of hydrogen-bond acceptors (Lipinski definition) is 3. The zero-order valence-corrected chi connectivity index (χ0v) is 14.2. The Balaban J connectivity index is 1.56. The highest BCUT2D eigenvalue weighted by atomic mass is 16.5. The van der Waals surface area contributed by atoms with Crippen molar-refractivity contribution in [2.75, 3.05) is 26.2 Å². The van der Waals surface area contributed by atoms with Gasteiger partial charge in [-0.3, -0.25) is 9.79 Å². The molecule has 2 heterocycles. The van der Waals surface area contributed by atoms with Crippen LogP contribution in [0.3, 0.4) is 0 Å². The highest BCUT2D eigenvalue weighted by molar-refractivity contribution is 5.78.